The van der Waals surface area contributed by atoms with Gasteiger partial charge in [0.1, 0.15) is 5.76 Å². The topological polar surface area (TPSA) is 29.5 Å². The summed E-state index contributed by atoms with van der Waals surface area (Å²) in [6, 6.07) is 19.8. The number of rotatable bonds is 4. The van der Waals surface area contributed by atoms with E-state index in [1.807, 2.05) is 66.7 Å². The van der Waals surface area contributed by atoms with Gasteiger partial charge in [-0.25, -0.2) is 0 Å². The quantitative estimate of drug-likeness (QED) is 0.483. The Kier molecular flexibility index (Phi) is 5.44. The van der Waals surface area contributed by atoms with Crippen LogP contribution in [0, 0.1) is 5.92 Å². The Balaban J connectivity index is 1.80. The van der Waals surface area contributed by atoms with Gasteiger partial charge in [0.2, 0.25) is 0 Å². The normalized spacial score (nSPS) is 16.8. The highest BCUT2D eigenvalue weighted by atomic mass is 16.5. The van der Waals surface area contributed by atoms with Gasteiger partial charge in [0, 0.05) is 5.56 Å². The van der Waals surface area contributed by atoms with Gasteiger partial charge < -0.3 is 9.64 Å². The first-order valence-corrected chi connectivity index (χ1v) is 8.45. The number of likely N-dealkylation sites (tertiary alicyclic amines) is 1. The van der Waals surface area contributed by atoms with Gasteiger partial charge in [0.25, 0.3) is 0 Å². The van der Waals surface area contributed by atoms with Gasteiger partial charge in [-0.15, -0.1) is 0 Å². The molecule has 0 atom stereocenters. The molecule has 3 rings (SSSR count). The van der Waals surface area contributed by atoms with Crippen LogP contribution in [-0.2, 0) is 9.53 Å². The van der Waals surface area contributed by atoms with Gasteiger partial charge in [-0.3, -0.25) is 4.79 Å². The number of esters is 1. The number of hydrogen-bond donors (Lipinski definition) is 0. The molecule has 1 aliphatic rings. The van der Waals surface area contributed by atoms with Crippen LogP contribution in [0.25, 0.3) is 11.8 Å². The fourth-order valence-corrected chi connectivity index (χ4v) is 2.91. The molecule has 3 nitrogen and oxygen atoms in total. The number of piperidine rings is 1. The number of nitrogens with zero attached hydrogens (tertiary/aromatic N) is 1. The first-order chi connectivity index (χ1) is 11.7. The summed E-state index contributed by atoms with van der Waals surface area (Å²) in [4.78, 5) is 14.8. The minimum Gasteiger partial charge on any atom is -0.426 e. The molecule has 0 saturated carbocycles. The minimum atomic E-state index is -0.117. The van der Waals surface area contributed by atoms with Gasteiger partial charge in [-0.2, -0.15) is 0 Å². The number of benzene rings is 2. The molecule has 24 heavy (non-hydrogen) atoms. The Morgan fingerprint density at radius 1 is 1.00 bits per heavy atom. The molecular weight excluding hydrogens is 298 g/mol. The number of carbonyl (C=O) groups is 1. The maximum Gasteiger partial charge on any atom is 0.314 e. The Hall–Kier alpha value is -2.39. The lowest BCUT2D eigenvalue weighted by Gasteiger charge is -2.27. The second-order valence-electron chi connectivity index (χ2n) is 6.28. The number of ether oxygens (including phenoxy) is 1. The minimum absolute atomic E-state index is 0.0101. The van der Waals surface area contributed by atoms with Crippen molar-refractivity contribution in [3.63, 3.8) is 0 Å². The molecule has 2 aromatic carbocycles. The van der Waals surface area contributed by atoms with Crippen LogP contribution in [-0.4, -0.2) is 31.0 Å². The third kappa shape index (κ3) is 4.33. The van der Waals surface area contributed by atoms with Crippen molar-refractivity contribution in [1.29, 1.82) is 0 Å². The monoisotopic (exact) mass is 321 g/mol. The van der Waals surface area contributed by atoms with Gasteiger partial charge in [0.05, 0.1) is 5.92 Å². The van der Waals surface area contributed by atoms with Crippen molar-refractivity contribution in [2.75, 3.05) is 20.1 Å². The van der Waals surface area contributed by atoms with E-state index in [-0.39, 0.29) is 11.9 Å². The summed E-state index contributed by atoms with van der Waals surface area (Å²) < 4.78 is 5.82. The Bertz CT molecular complexity index is 686. The van der Waals surface area contributed by atoms with Gasteiger partial charge in [-0.1, -0.05) is 60.7 Å². The molecule has 3 heteroatoms. The molecule has 0 unspecified atom stereocenters. The molecule has 124 valence electrons. The van der Waals surface area contributed by atoms with Crippen LogP contribution in [0.1, 0.15) is 24.0 Å². The molecule has 0 aliphatic carbocycles. The molecule has 0 bridgehead atoms. The summed E-state index contributed by atoms with van der Waals surface area (Å²) in [5.74, 6) is 0.490. The van der Waals surface area contributed by atoms with Crippen molar-refractivity contribution in [1.82, 2.24) is 4.90 Å². The van der Waals surface area contributed by atoms with E-state index in [2.05, 4.69) is 11.9 Å². The van der Waals surface area contributed by atoms with Crippen LogP contribution in [0.4, 0.5) is 0 Å². The summed E-state index contributed by atoms with van der Waals surface area (Å²) in [6.45, 7) is 1.89. The highest BCUT2D eigenvalue weighted by Gasteiger charge is 2.25. The average molecular weight is 321 g/mol. The van der Waals surface area contributed by atoms with Crippen molar-refractivity contribution in [2.45, 2.75) is 12.8 Å². The van der Waals surface area contributed by atoms with Crippen LogP contribution < -0.4 is 0 Å². The molecule has 0 N–H and O–H groups in total. The molecule has 1 fully saturated rings. The van der Waals surface area contributed by atoms with Crippen molar-refractivity contribution >= 4 is 17.8 Å². The summed E-state index contributed by atoms with van der Waals surface area (Å²) in [5, 5.41) is 0. The second kappa shape index (κ2) is 7.93. The highest BCUT2D eigenvalue weighted by molar-refractivity contribution is 5.86. The lowest BCUT2D eigenvalue weighted by Crippen LogP contribution is -2.34. The first kappa shape index (κ1) is 16.5. The number of hydrogen-bond acceptors (Lipinski definition) is 3. The Morgan fingerprint density at radius 2 is 1.58 bits per heavy atom. The zero-order valence-corrected chi connectivity index (χ0v) is 14.0. The molecule has 0 aromatic heterocycles. The lowest BCUT2D eigenvalue weighted by molar-refractivity contribution is -0.142. The smallest absolute Gasteiger partial charge is 0.314 e. The highest BCUT2D eigenvalue weighted by Crippen LogP contribution is 2.24. The van der Waals surface area contributed by atoms with Crippen molar-refractivity contribution in [3.8, 4) is 0 Å². The fraction of sp³-hybridized carbons (Fsp3) is 0.286. The summed E-state index contributed by atoms with van der Waals surface area (Å²) >= 11 is 0. The summed E-state index contributed by atoms with van der Waals surface area (Å²) in [6.07, 6.45) is 3.66. The third-order valence-electron chi connectivity index (χ3n) is 4.42. The van der Waals surface area contributed by atoms with E-state index < -0.39 is 0 Å². The van der Waals surface area contributed by atoms with Gasteiger partial charge in [-0.05, 0) is 44.6 Å². The molecule has 1 aliphatic heterocycles. The van der Waals surface area contributed by atoms with Crippen LogP contribution in [0.2, 0.25) is 0 Å². The van der Waals surface area contributed by atoms with E-state index in [4.69, 9.17) is 4.74 Å². The predicted molar refractivity (Wildman–Crippen MR) is 97.1 cm³/mol. The lowest BCUT2D eigenvalue weighted by atomic mass is 9.97. The maximum absolute atomic E-state index is 12.6. The predicted octanol–water partition coefficient (Wildman–Crippen LogP) is 4.07. The molecular formula is C21H23NO2. The van der Waals surface area contributed by atoms with E-state index in [1.54, 1.807) is 0 Å². The van der Waals surface area contributed by atoms with Gasteiger partial charge in [0.15, 0.2) is 0 Å². The Labute approximate surface area is 143 Å². The SMILES string of the molecule is CN1CCC(C(=O)O/C(=C/c2ccccc2)c2ccccc2)CC1. The zero-order valence-electron chi connectivity index (χ0n) is 14.0. The van der Waals surface area contributed by atoms with Crippen molar-refractivity contribution < 1.29 is 9.53 Å². The van der Waals surface area contributed by atoms with E-state index in [0.717, 1.165) is 37.1 Å². The van der Waals surface area contributed by atoms with Crippen LogP contribution in [0.5, 0.6) is 0 Å². The molecule has 0 spiro atoms. The van der Waals surface area contributed by atoms with Crippen LogP contribution in [0.3, 0.4) is 0 Å². The third-order valence-corrected chi connectivity index (χ3v) is 4.42. The van der Waals surface area contributed by atoms with E-state index in [9.17, 15) is 4.79 Å². The van der Waals surface area contributed by atoms with E-state index in [1.165, 1.54) is 0 Å². The fourth-order valence-electron chi connectivity index (χ4n) is 2.91. The van der Waals surface area contributed by atoms with E-state index >= 15 is 0 Å². The average Bonchev–Trinajstić information content (AvgIpc) is 2.63. The molecule has 2 aromatic rings. The van der Waals surface area contributed by atoms with E-state index in [0.29, 0.717) is 5.76 Å². The summed E-state index contributed by atoms with van der Waals surface area (Å²) in [7, 11) is 2.09. The van der Waals surface area contributed by atoms with Crippen LogP contribution >= 0.6 is 0 Å². The van der Waals surface area contributed by atoms with Crippen LogP contribution in [0.15, 0.2) is 60.7 Å². The maximum atomic E-state index is 12.6. The van der Waals surface area contributed by atoms with Crippen molar-refractivity contribution in [3.05, 3.63) is 71.8 Å². The largest absolute Gasteiger partial charge is 0.426 e. The molecule has 0 amide bonds. The van der Waals surface area contributed by atoms with Crippen molar-refractivity contribution in [2.24, 2.45) is 5.92 Å². The second-order valence-corrected chi connectivity index (χ2v) is 6.28. The summed E-state index contributed by atoms with van der Waals surface area (Å²) in [5.41, 5.74) is 1.94. The Morgan fingerprint density at radius 3 is 2.21 bits per heavy atom. The molecule has 1 heterocycles. The molecule has 0 radical (unpaired) electrons. The standard InChI is InChI=1S/C21H23NO2/c1-22-14-12-19(13-15-22)21(23)24-20(18-10-6-3-7-11-18)16-17-8-4-2-5-9-17/h2-11,16,19H,12-15H2,1H3/b20-16+. The number of carbonyl (C=O) groups excluding carboxylic acids is 1. The zero-order chi connectivity index (χ0) is 16.8. The molecule has 1 saturated heterocycles. The first-order valence-electron chi connectivity index (χ1n) is 8.45. The van der Waals surface area contributed by atoms with Gasteiger partial charge >= 0.3 is 5.97 Å².